The van der Waals surface area contributed by atoms with Gasteiger partial charge in [0.25, 0.3) is 0 Å². The zero-order valence-corrected chi connectivity index (χ0v) is 14.7. The average molecular weight is 335 g/mol. The molecule has 0 saturated carbocycles. The third kappa shape index (κ3) is 5.23. The summed E-state index contributed by atoms with van der Waals surface area (Å²) in [5, 5.41) is 3.53. The van der Waals surface area contributed by atoms with Crippen LogP contribution < -0.4 is 10.1 Å². The van der Waals surface area contributed by atoms with Crippen molar-refractivity contribution in [3.8, 4) is 5.75 Å². The highest BCUT2D eigenvalue weighted by atomic mass is 16.5. The minimum atomic E-state index is 0.390. The van der Waals surface area contributed by atoms with Crippen LogP contribution in [0, 0.1) is 0 Å². The van der Waals surface area contributed by atoms with Gasteiger partial charge in [-0.1, -0.05) is 42.5 Å². The standard InChI is InChI=1S/C22H25NO2/c1-24-21-11-9-19(10-12-21)17-23-14-13-20(22-8-5-15-25-22)16-18-6-3-2-4-7-18/h2-12,15,20,23H,13-14,16-17H2,1H3. The Hall–Kier alpha value is -2.52. The first kappa shape index (κ1) is 17.3. The lowest BCUT2D eigenvalue weighted by Gasteiger charge is -2.15. The van der Waals surface area contributed by atoms with Crippen molar-refractivity contribution in [3.05, 3.63) is 89.9 Å². The van der Waals surface area contributed by atoms with Gasteiger partial charge in [0.15, 0.2) is 0 Å². The fourth-order valence-corrected chi connectivity index (χ4v) is 3.02. The van der Waals surface area contributed by atoms with E-state index in [4.69, 9.17) is 9.15 Å². The quantitative estimate of drug-likeness (QED) is 0.571. The number of nitrogens with one attached hydrogen (secondary N) is 1. The summed E-state index contributed by atoms with van der Waals surface area (Å²) in [6.45, 7) is 1.81. The van der Waals surface area contributed by atoms with Crippen molar-refractivity contribution in [1.82, 2.24) is 5.32 Å². The molecule has 0 radical (unpaired) electrons. The van der Waals surface area contributed by atoms with Gasteiger partial charge in [0.2, 0.25) is 0 Å². The Labute approximate surface area is 149 Å². The molecular weight excluding hydrogens is 310 g/mol. The van der Waals surface area contributed by atoms with Crippen LogP contribution in [0.3, 0.4) is 0 Å². The Kier molecular flexibility index (Phi) is 6.29. The van der Waals surface area contributed by atoms with Gasteiger partial charge in [-0.25, -0.2) is 0 Å². The van der Waals surface area contributed by atoms with Crippen LogP contribution in [-0.4, -0.2) is 13.7 Å². The van der Waals surface area contributed by atoms with Crippen molar-refractivity contribution in [2.24, 2.45) is 0 Å². The molecule has 0 spiro atoms. The summed E-state index contributed by atoms with van der Waals surface area (Å²) in [4.78, 5) is 0. The van der Waals surface area contributed by atoms with E-state index in [1.807, 2.05) is 18.2 Å². The van der Waals surface area contributed by atoms with Gasteiger partial charge in [-0.15, -0.1) is 0 Å². The summed E-state index contributed by atoms with van der Waals surface area (Å²) < 4.78 is 10.9. The Morgan fingerprint density at radius 1 is 0.920 bits per heavy atom. The molecule has 2 aromatic carbocycles. The Balaban J connectivity index is 1.52. The minimum Gasteiger partial charge on any atom is -0.497 e. The second kappa shape index (κ2) is 9.09. The van der Waals surface area contributed by atoms with Gasteiger partial charge in [0, 0.05) is 12.5 Å². The average Bonchev–Trinajstić information content (AvgIpc) is 3.20. The Morgan fingerprint density at radius 3 is 2.40 bits per heavy atom. The molecule has 130 valence electrons. The predicted molar refractivity (Wildman–Crippen MR) is 101 cm³/mol. The molecule has 1 atom stereocenters. The molecule has 0 saturated heterocycles. The van der Waals surface area contributed by atoms with Crippen LogP contribution in [0.1, 0.15) is 29.2 Å². The number of rotatable bonds is 9. The highest BCUT2D eigenvalue weighted by Crippen LogP contribution is 2.24. The van der Waals surface area contributed by atoms with E-state index in [1.165, 1.54) is 11.1 Å². The molecular formula is C22H25NO2. The van der Waals surface area contributed by atoms with Gasteiger partial charge in [-0.05, 0) is 54.8 Å². The smallest absolute Gasteiger partial charge is 0.118 e. The first-order valence-electron chi connectivity index (χ1n) is 8.76. The second-order valence-corrected chi connectivity index (χ2v) is 6.22. The number of methoxy groups -OCH3 is 1. The van der Waals surface area contributed by atoms with Crippen molar-refractivity contribution < 1.29 is 9.15 Å². The molecule has 0 aliphatic rings. The van der Waals surface area contributed by atoms with E-state index in [0.717, 1.165) is 37.4 Å². The van der Waals surface area contributed by atoms with Gasteiger partial charge < -0.3 is 14.5 Å². The largest absolute Gasteiger partial charge is 0.497 e. The molecule has 3 heteroatoms. The van der Waals surface area contributed by atoms with E-state index in [1.54, 1.807) is 13.4 Å². The maximum atomic E-state index is 5.67. The Morgan fingerprint density at radius 2 is 1.72 bits per heavy atom. The molecule has 0 fully saturated rings. The van der Waals surface area contributed by atoms with Gasteiger partial charge in [0.1, 0.15) is 11.5 Å². The summed E-state index contributed by atoms with van der Waals surface area (Å²) in [6, 6.07) is 22.8. The number of hydrogen-bond donors (Lipinski definition) is 1. The van der Waals surface area contributed by atoms with Gasteiger partial charge >= 0.3 is 0 Å². The van der Waals surface area contributed by atoms with Crippen LogP contribution in [0.25, 0.3) is 0 Å². The first-order chi connectivity index (χ1) is 12.3. The summed E-state index contributed by atoms with van der Waals surface area (Å²) in [6.07, 6.45) is 3.80. The normalized spacial score (nSPS) is 12.0. The summed E-state index contributed by atoms with van der Waals surface area (Å²) in [5.41, 5.74) is 2.61. The molecule has 1 aromatic heterocycles. The predicted octanol–water partition coefficient (Wildman–Crippen LogP) is 4.79. The zero-order valence-electron chi connectivity index (χ0n) is 14.7. The molecule has 0 bridgehead atoms. The molecule has 1 unspecified atom stereocenters. The van der Waals surface area contributed by atoms with Crippen LogP contribution in [-0.2, 0) is 13.0 Å². The highest BCUT2D eigenvalue weighted by molar-refractivity contribution is 5.27. The lowest BCUT2D eigenvalue weighted by atomic mass is 9.94. The van der Waals surface area contributed by atoms with Crippen LogP contribution in [0.2, 0.25) is 0 Å². The molecule has 1 N–H and O–H groups in total. The highest BCUT2D eigenvalue weighted by Gasteiger charge is 2.14. The van der Waals surface area contributed by atoms with E-state index in [-0.39, 0.29) is 0 Å². The first-order valence-corrected chi connectivity index (χ1v) is 8.76. The minimum absolute atomic E-state index is 0.390. The molecule has 0 aliphatic heterocycles. The maximum absolute atomic E-state index is 5.67. The maximum Gasteiger partial charge on any atom is 0.118 e. The third-order valence-corrected chi connectivity index (χ3v) is 4.43. The van der Waals surface area contributed by atoms with E-state index >= 15 is 0 Å². The van der Waals surface area contributed by atoms with Crippen LogP contribution in [0.4, 0.5) is 0 Å². The van der Waals surface area contributed by atoms with Crippen molar-refractivity contribution in [1.29, 1.82) is 0 Å². The summed E-state index contributed by atoms with van der Waals surface area (Å²) in [5.74, 6) is 2.35. The summed E-state index contributed by atoms with van der Waals surface area (Å²) in [7, 11) is 1.69. The van der Waals surface area contributed by atoms with E-state index in [9.17, 15) is 0 Å². The van der Waals surface area contributed by atoms with Gasteiger partial charge in [-0.3, -0.25) is 0 Å². The van der Waals surface area contributed by atoms with Crippen LogP contribution >= 0.6 is 0 Å². The van der Waals surface area contributed by atoms with Crippen LogP contribution in [0.5, 0.6) is 5.75 Å². The van der Waals surface area contributed by atoms with Gasteiger partial charge in [-0.2, -0.15) is 0 Å². The lowest BCUT2D eigenvalue weighted by Crippen LogP contribution is -2.18. The fourth-order valence-electron chi connectivity index (χ4n) is 3.02. The zero-order chi connectivity index (χ0) is 17.3. The van der Waals surface area contributed by atoms with E-state index in [0.29, 0.717) is 5.92 Å². The number of benzene rings is 2. The van der Waals surface area contributed by atoms with Gasteiger partial charge in [0.05, 0.1) is 13.4 Å². The van der Waals surface area contributed by atoms with Crippen molar-refractivity contribution >= 4 is 0 Å². The lowest BCUT2D eigenvalue weighted by molar-refractivity contribution is 0.414. The molecule has 3 rings (SSSR count). The van der Waals surface area contributed by atoms with Crippen molar-refractivity contribution in [3.63, 3.8) is 0 Å². The fraction of sp³-hybridized carbons (Fsp3) is 0.273. The SMILES string of the molecule is COc1ccc(CNCCC(Cc2ccccc2)c2ccco2)cc1. The number of hydrogen-bond acceptors (Lipinski definition) is 3. The molecule has 0 aliphatic carbocycles. The van der Waals surface area contributed by atoms with Crippen LogP contribution in [0.15, 0.2) is 77.4 Å². The number of furan rings is 1. The molecule has 25 heavy (non-hydrogen) atoms. The van der Waals surface area contributed by atoms with E-state index < -0.39 is 0 Å². The molecule has 1 heterocycles. The molecule has 0 amide bonds. The third-order valence-electron chi connectivity index (χ3n) is 4.43. The monoisotopic (exact) mass is 335 g/mol. The second-order valence-electron chi connectivity index (χ2n) is 6.22. The van der Waals surface area contributed by atoms with Crippen molar-refractivity contribution in [2.75, 3.05) is 13.7 Å². The number of ether oxygens (including phenoxy) is 1. The molecule has 3 nitrogen and oxygen atoms in total. The molecule has 3 aromatic rings. The van der Waals surface area contributed by atoms with E-state index in [2.05, 4.69) is 53.8 Å². The Bertz CT molecular complexity index is 720. The van der Waals surface area contributed by atoms with Crippen molar-refractivity contribution in [2.45, 2.75) is 25.3 Å². The topological polar surface area (TPSA) is 34.4 Å². The summed E-state index contributed by atoms with van der Waals surface area (Å²) >= 11 is 0.